The molecule has 0 saturated heterocycles. The molecule has 76 valence electrons. The van der Waals surface area contributed by atoms with E-state index in [1.165, 1.54) is 11.4 Å². The Labute approximate surface area is 101 Å². The van der Waals surface area contributed by atoms with Crippen molar-refractivity contribution in [2.45, 2.75) is 26.7 Å². The molecule has 2 nitrogen and oxygen atoms in total. The van der Waals surface area contributed by atoms with Crippen molar-refractivity contribution in [1.29, 1.82) is 0 Å². The Kier molecular flexibility index (Phi) is 12.5. The van der Waals surface area contributed by atoms with Crippen molar-refractivity contribution in [3.8, 4) is 0 Å². The maximum absolute atomic E-state index is 9.44. The van der Waals surface area contributed by atoms with E-state index in [4.69, 9.17) is 16.3 Å². The molecule has 0 aromatic carbocycles. The molecule has 0 bridgehead atoms. The van der Waals surface area contributed by atoms with Gasteiger partial charge in [-0.3, -0.25) is 0 Å². The van der Waals surface area contributed by atoms with E-state index in [0.717, 1.165) is 18.6 Å². The summed E-state index contributed by atoms with van der Waals surface area (Å²) in [6.45, 7) is 4.63. The third kappa shape index (κ3) is 9.82. The molecule has 0 amide bonds. The molecule has 12 heavy (non-hydrogen) atoms. The molecule has 0 heterocycles. The predicted octanol–water partition coefficient (Wildman–Crippen LogP) is 1.59. The fraction of sp³-hybridized carbons (Fsp3) is 1.00. The molecule has 0 radical (unpaired) electrons. The zero-order chi connectivity index (χ0) is 8.74. The summed E-state index contributed by atoms with van der Waals surface area (Å²) in [6, 6.07) is 0. The van der Waals surface area contributed by atoms with Gasteiger partial charge in [-0.25, -0.2) is 0 Å². The first-order valence-electron chi connectivity index (χ1n) is 3.74. The molecule has 0 rings (SSSR count). The molecule has 1 N–H and O–H groups in total. The van der Waals surface area contributed by atoms with E-state index >= 15 is 0 Å². The Morgan fingerprint density at radius 2 is 2.00 bits per heavy atom. The van der Waals surface area contributed by atoms with Gasteiger partial charge in [0.1, 0.15) is 0 Å². The van der Waals surface area contributed by atoms with Gasteiger partial charge >= 0.3 is 24.4 Å². The molecule has 0 aliphatic rings. The Morgan fingerprint density at radius 1 is 1.42 bits per heavy atom. The SMILES string of the molecule is CCCOP(O)(=S)SCCC.[SbH3]. The number of rotatable bonds is 6. The maximum atomic E-state index is 9.44. The van der Waals surface area contributed by atoms with Crippen LogP contribution in [0.4, 0.5) is 0 Å². The fourth-order valence-electron chi connectivity index (χ4n) is 0.451. The molecule has 1 atom stereocenters. The summed E-state index contributed by atoms with van der Waals surface area (Å²) in [6.07, 6.45) is 1.94. The predicted molar refractivity (Wildman–Crippen MR) is 65.4 cm³/mol. The summed E-state index contributed by atoms with van der Waals surface area (Å²) in [5.41, 5.74) is -2.48. The first kappa shape index (κ1) is 16.2. The zero-order valence-electron chi connectivity index (χ0n) is 7.65. The number of hydrogen-bond acceptors (Lipinski definition) is 3. The average Bonchev–Trinajstić information content (AvgIpc) is 1.97. The summed E-state index contributed by atoms with van der Waals surface area (Å²) in [4.78, 5) is 9.44. The van der Waals surface area contributed by atoms with Gasteiger partial charge in [0.2, 0.25) is 5.69 Å². The van der Waals surface area contributed by atoms with Gasteiger partial charge in [0.15, 0.2) is 0 Å². The summed E-state index contributed by atoms with van der Waals surface area (Å²) < 4.78 is 5.13. The van der Waals surface area contributed by atoms with E-state index < -0.39 is 5.69 Å². The van der Waals surface area contributed by atoms with E-state index in [1.807, 2.05) is 6.92 Å². The van der Waals surface area contributed by atoms with Crippen LogP contribution in [0.15, 0.2) is 0 Å². The second kappa shape index (κ2) is 9.30. The van der Waals surface area contributed by atoms with Gasteiger partial charge < -0.3 is 9.42 Å². The third-order valence-electron chi connectivity index (χ3n) is 0.917. The Balaban J connectivity index is 0. The van der Waals surface area contributed by atoms with Crippen LogP contribution in [0.3, 0.4) is 0 Å². The minimum absolute atomic E-state index is 0. The van der Waals surface area contributed by atoms with Crippen molar-refractivity contribution in [2.75, 3.05) is 12.4 Å². The topological polar surface area (TPSA) is 29.5 Å². The quantitative estimate of drug-likeness (QED) is 0.588. The van der Waals surface area contributed by atoms with Crippen LogP contribution in [0.2, 0.25) is 0 Å². The van der Waals surface area contributed by atoms with Crippen LogP contribution >= 0.6 is 17.1 Å². The van der Waals surface area contributed by atoms with Gasteiger partial charge in [-0.05, 0) is 24.6 Å². The van der Waals surface area contributed by atoms with E-state index in [2.05, 4.69) is 6.92 Å². The van der Waals surface area contributed by atoms with Gasteiger partial charge in [-0.1, -0.05) is 25.2 Å². The second-order valence-electron chi connectivity index (χ2n) is 2.14. The van der Waals surface area contributed by atoms with Gasteiger partial charge in [-0.2, -0.15) is 0 Å². The van der Waals surface area contributed by atoms with Crippen LogP contribution in [0.1, 0.15) is 26.7 Å². The molecular weight excluding hydrogens is 321 g/mol. The Morgan fingerprint density at radius 3 is 2.42 bits per heavy atom. The van der Waals surface area contributed by atoms with Gasteiger partial charge in [0.05, 0.1) is 6.61 Å². The van der Waals surface area contributed by atoms with Crippen LogP contribution in [0.25, 0.3) is 0 Å². The summed E-state index contributed by atoms with van der Waals surface area (Å²) in [5, 5.41) is 0. The summed E-state index contributed by atoms with van der Waals surface area (Å²) in [5.74, 6) is 0.886. The molecule has 0 saturated carbocycles. The Hall–Kier alpha value is 1.74. The molecule has 0 spiro atoms. The molecular formula is C6H18O2PS2Sb. The van der Waals surface area contributed by atoms with Crippen molar-refractivity contribution in [3.63, 3.8) is 0 Å². The normalized spacial score (nSPS) is 14.9. The van der Waals surface area contributed by atoms with E-state index in [-0.39, 0.29) is 24.4 Å². The van der Waals surface area contributed by atoms with E-state index in [1.54, 1.807) is 0 Å². The molecule has 6 heteroatoms. The number of hydrogen-bond donors (Lipinski definition) is 1. The average molecular weight is 339 g/mol. The standard InChI is InChI=1S/C6H15O2PS2.Sb.3H/c1-3-5-8-9(7,10)11-6-4-2;;;;/h3-6H2,1-2H3,(H,7,10);;;;. The van der Waals surface area contributed by atoms with Crippen LogP contribution in [0.5, 0.6) is 0 Å². The van der Waals surface area contributed by atoms with E-state index in [9.17, 15) is 4.89 Å². The monoisotopic (exact) mass is 338 g/mol. The molecule has 0 fully saturated rings. The second-order valence-corrected chi connectivity index (χ2v) is 8.43. The zero-order valence-corrected chi connectivity index (χ0v) is 14.2. The summed E-state index contributed by atoms with van der Waals surface area (Å²) in [7, 11) is 0. The fourth-order valence-corrected chi connectivity index (χ4v) is 3.93. The molecule has 0 aliphatic heterocycles. The summed E-state index contributed by atoms with van der Waals surface area (Å²) >= 11 is 6.26. The van der Waals surface area contributed by atoms with E-state index in [0.29, 0.717) is 6.61 Å². The van der Waals surface area contributed by atoms with Gasteiger partial charge in [-0.15, -0.1) is 0 Å². The molecule has 1 unspecified atom stereocenters. The van der Waals surface area contributed by atoms with Crippen molar-refractivity contribution >= 4 is 53.3 Å². The molecule has 0 aliphatic carbocycles. The van der Waals surface area contributed by atoms with Crippen LogP contribution in [0, 0.1) is 0 Å². The van der Waals surface area contributed by atoms with Crippen molar-refractivity contribution in [1.82, 2.24) is 0 Å². The van der Waals surface area contributed by atoms with Crippen LogP contribution in [-0.2, 0) is 16.3 Å². The van der Waals surface area contributed by atoms with Gasteiger partial charge in [0.25, 0.3) is 0 Å². The molecule has 0 aromatic rings. The third-order valence-corrected chi connectivity index (χ3v) is 5.45. The van der Waals surface area contributed by atoms with Crippen molar-refractivity contribution in [2.24, 2.45) is 0 Å². The Bertz CT molecular complexity index is 134. The van der Waals surface area contributed by atoms with Gasteiger partial charge in [0, 0.05) is 5.75 Å². The van der Waals surface area contributed by atoms with Crippen LogP contribution in [-0.4, -0.2) is 41.7 Å². The first-order chi connectivity index (χ1) is 5.12. The van der Waals surface area contributed by atoms with Crippen molar-refractivity contribution in [3.05, 3.63) is 0 Å². The minimum atomic E-state index is -2.48. The van der Waals surface area contributed by atoms with Crippen LogP contribution < -0.4 is 0 Å². The molecule has 0 aromatic heterocycles. The first-order valence-corrected chi connectivity index (χ1v) is 8.00. The van der Waals surface area contributed by atoms with Crippen molar-refractivity contribution < 1.29 is 9.42 Å².